The van der Waals surface area contributed by atoms with E-state index in [1.54, 1.807) is 6.92 Å². The van der Waals surface area contributed by atoms with Gasteiger partial charge in [0.15, 0.2) is 0 Å². The smallest absolute Gasteiger partial charge is 0.313 e. The minimum Gasteiger partial charge on any atom is -0.466 e. The molecule has 1 aromatic carbocycles. The van der Waals surface area contributed by atoms with Crippen molar-refractivity contribution in [1.29, 1.82) is 0 Å². The molecule has 2 rings (SSSR count). The molecule has 0 aromatic heterocycles. The standard InChI is InChI=1S/C12H15NO3/c1-2-15-12(14)10-8-13-16-11(10)9-6-4-3-5-7-9/h3-7,10-11,13H,2,8H2,1H3. The predicted octanol–water partition coefficient (Wildman–Crippen LogP) is 1.44. The lowest BCUT2D eigenvalue weighted by atomic mass is 9.97. The number of hydrogen-bond acceptors (Lipinski definition) is 4. The molecule has 2 atom stereocenters. The summed E-state index contributed by atoms with van der Waals surface area (Å²) in [6.45, 7) is 2.70. The van der Waals surface area contributed by atoms with Crippen molar-refractivity contribution in [2.45, 2.75) is 13.0 Å². The fourth-order valence-corrected chi connectivity index (χ4v) is 1.82. The highest BCUT2D eigenvalue weighted by Crippen LogP contribution is 2.29. The largest absolute Gasteiger partial charge is 0.466 e. The summed E-state index contributed by atoms with van der Waals surface area (Å²) in [6, 6.07) is 9.69. The molecule has 0 bridgehead atoms. The SMILES string of the molecule is CCOC(=O)C1CNOC1c1ccccc1. The molecule has 1 saturated heterocycles. The summed E-state index contributed by atoms with van der Waals surface area (Å²) in [5.74, 6) is -0.469. The molecule has 2 unspecified atom stereocenters. The van der Waals surface area contributed by atoms with Crippen LogP contribution < -0.4 is 5.48 Å². The monoisotopic (exact) mass is 221 g/mol. The Morgan fingerprint density at radius 1 is 1.50 bits per heavy atom. The Kier molecular flexibility index (Phi) is 3.54. The van der Waals surface area contributed by atoms with E-state index in [-0.39, 0.29) is 18.0 Å². The van der Waals surface area contributed by atoms with Gasteiger partial charge in [0.05, 0.1) is 6.61 Å². The Labute approximate surface area is 94.5 Å². The zero-order valence-electron chi connectivity index (χ0n) is 9.18. The number of ether oxygens (including phenoxy) is 1. The van der Waals surface area contributed by atoms with Gasteiger partial charge in [0.2, 0.25) is 0 Å². The molecule has 1 aromatic rings. The Balaban J connectivity index is 2.12. The maximum absolute atomic E-state index is 11.7. The molecule has 0 radical (unpaired) electrons. The van der Waals surface area contributed by atoms with Crippen molar-refractivity contribution in [3.05, 3.63) is 35.9 Å². The zero-order valence-corrected chi connectivity index (χ0v) is 9.18. The fourth-order valence-electron chi connectivity index (χ4n) is 1.82. The van der Waals surface area contributed by atoms with Crippen LogP contribution in [0, 0.1) is 5.92 Å². The Morgan fingerprint density at radius 2 is 2.25 bits per heavy atom. The van der Waals surface area contributed by atoms with Gasteiger partial charge < -0.3 is 4.74 Å². The second-order valence-electron chi connectivity index (χ2n) is 3.66. The molecule has 1 aliphatic rings. The third-order valence-corrected chi connectivity index (χ3v) is 2.60. The van der Waals surface area contributed by atoms with Crippen molar-refractivity contribution in [3.63, 3.8) is 0 Å². The number of hydrogen-bond donors (Lipinski definition) is 1. The summed E-state index contributed by atoms with van der Waals surface area (Å²) < 4.78 is 5.02. The van der Waals surface area contributed by atoms with Crippen LogP contribution in [0.25, 0.3) is 0 Å². The summed E-state index contributed by atoms with van der Waals surface area (Å²) in [5.41, 5.74) is 3.75. The first-order chi connectivity index (χ1) is 7.83. The van der Waals surface area contributed by atoms with Crippen molar-refractivity contribution in [1.82, 2.24) is 5.48 Å². The van der Waals surface area contributed by atoms with Crippen molar-refractivity contribution < 1.29 is 14.4 Å². The first-order valence-electron chi connectivity index (χ1n) is 5.43. The summed E-state index contributed by atoms with van der Waals surface area (Å²) in [7, 11) is 0. The van der Waals surface area contributed by atoms with Crippen LogP contribution in [0.4, 0.5) is 0 Å². The normalized spacial score (nSPS) is 24.3. The number of benzene rings is 1. The summed E-state index contributed by atoms with van der Waals surface area (Å²) in [6.07, 6.45) is -0.250. The third-order valence-electron chi connectivity index (χ3n) is 2.60. The maximum Gasteiger partial charge on any atom is 0.313 e. The van der Waals surface area contributed by atoms with Crippen molar-refractivity contribution in [2.75, 3.05) is 13.2 Å². The molecule has 1 fully saturated rings. The van der Waals surface area contributed by atoms with Gasteiger partial charge in [-0.25, -0.2) is 5.48 Å². The molecule has 0 aliphatic carbocycles. The summed E-state index contributed by atoms with van der Waals surface area (Å²) in [5, 5.41) is 0. The van der Waals surface area contributed by atoms with E-state index in [4.69, 9.17) is 9.57 Å². The molecule has 86 valence electrons. The van der Waals surface area contributed by atoms with Gasteiger partial charge in [-0.1, -0.05) is 30.3 Å². The van der Waals surface area contributed by atoms with Gasteiger partial charge >= 0.3 is 5.97 Å². The highest BCUT2D eigenvalue weighted by atomic mass is 16.7. The first kappa shape index (κ1) is 11.1. The van der Waals surface area contributed by atoms with E-state index >= 15 is 0 Å². The average Bonchev–Trinajstić information content (AvgIpc) is 2.79. The van der Waals surface area contributed by atoms with Gasteiger partial charge in [0.1, 0.15) is 12.0 Å². The zero-order chi connectivity index (χ0) is 11.4. The molecule has 1 N–H and O–H groups in total. The van der Waals surface area contributed by atoms with E-state index in [0.717, 1.165) is 5.56 Å². The molecule has 1 aliphatic heterocycles. The van der Waals surface area contributed by atoms with Crippen LogP contribution in [-0.2, 0) is 14.4 Å². The second kappa shape index (κ2) is 5.09. The van der Waals surface area contributed by atoms with Crippen molar-refractivity contribution in [3.8, 4) is 0 Å². The van der Waals surface area contributed by atoms with E-state index in [2.05, 4.69) is 5.48 Å². The number of esters is 1. The molecular weight excluding hydrogens is 206 g/mol. The molecule has 4 heteroatoms. The number of hydroxylamine groups is 1. The molecule has 4 nitrogen and oxygen atoms in total. The molecule has 0 spiro atoms. The summed E-state index contributed by atoms with van der Waals surface area (Å²) >= 11 is 0. The fraction of sp³-hybridized carbons (Fsp3) is 0.417. The first-order valence-corrected chi connectivity index (χ1v) is 5.43. The lowest BCUT2D eigenvalue weighted by molar-refractivity contribution is -0.149. The van der Waals surface area contributed by atoms with E-state index in [0.29, 0.717) is 13.2 Å². The van der Waals surface area contributed by atoms with Crippen molar-refractivity contribution in [2.24, 2.45) is 5.92 Å². The van der Waals surface area contributed by atoms with Crippen LogP contribution in [0.5, 0.6) is 0 Å². The van der Waals surface area contributed by atoms with Crippen LogP contribution in [0.2, 0.25) is 0 Å². The third kappa shape index (κ3) is 2.23. The van der Waals surface area contributed by atoms with Gasteiger partial charge in [0.25, 0.3) is 0 Å². The number of carbonyl (C=O) groups is 1. The van der Waals surface area contributed by atoms with Crippen LogP contribution in [0.15, 0.2) is 30.3 Å². The number of rotatable bonds is 3. The van der Waals surface area contributed by atoms with E-state index in [1.165, 1.54) is 0 Å². The van der Waals surface area contributed by atoms with Gasteiger partial charge in [-0.3, -0.25) is 9.63 Å². The topological polar surface area (TPSA) is 47.6 Å². The van der Waals surface area contributed by atoms with Gasteiger partial charge in [-0.2, -0.15) is 0 Å². The van der Waals surface area contributed by atoms with E-state index < -0.39 is 0 Å². The minimum absolute atomic E-state index is 0.207. The van der Waals surface area contributed by atoms with Crippen molar-refractivity contribution >= 4 is 5.97 Å². The van der Waals surface area contributed by atoms with Gasteiger partial charge in [0, 0.05) is 6.54 Å². The summed E-state index contributed by atoms with van der Waals surface area (Å²) in [4.78, 5) is 17.1. The molecule has 0 amide bonds. The quantitative estimate of drug-likeness (QED) is 0.785. The lowest BCUT2D eigenvalue weighted by Crippen LogP contribution is -2.23. The number of nitrogens with one attached hydrogen (secondary N) is 1. The minimum atomic E-state index is -0.262. The molecule has 0 saturated carbocycles. The maximum atomic E-state index is 11.7. The highest BCUT2D eigenvalue weighted by Gasteiger charge is 2.36. The Morgan fingerprint density at radius 3 is 2.94 bits per heavy atom. The molecule has 16 heavy (non-hydrogen) atoms. The second-order valence-corrected chi connectivity index (χ2v) is 3.66. The van der Waals surface area contributed by atoms with Crippen LogP contribution >= 0.6 is 0 Å². The van der Waals surface area contributed by atoms with Crippen LogP contribution in [-0.4, -0.2) is 19.1 Å². The van der Waals surface area contributed by atoms with Gasteiger partial charge in [-0.15, -0.1) is 0 Å². The highest BCUT2D eigenvalue weighted by molar-refractivity contribution is 5.74. The Bertz CT molecular complexity index is 353. The lowest BCUT2D eigenvalue weighted by Gasteiger charge is -2.15. The molecule has 1 heterocycles. The van der Waals surface area contributed by atoms with E-state index in [9.17, 15) is 4.79 Å². The van der Waals surface area contributed by atoms with E-state index in [1.807, 2.05) is 30.3 Å². The van der Waals surface area contributed by atoms with Crippen LogP contribution in [0.1, 0.15) is 18.6 Å². The number of carbonyl (C=O) groups excluding carboxylic acids is 1. The average molecular weight is 221 g/mol. The predicted molar refractivity (Wildman–Crippen MR) is 58.4 cm³/mol. The molecular formula is C12H15NO3. The van der Waals surface area contributed by atoms with Crippen LogP contribution in [0.3, 0.4) is 0 Å². The van der Waals surface area contributed by atoms with Gasteiger partial charge in [-0.05, 0) is 12.5 Å². The Hall–Kier alpha value is -1.39.